The van der Waals surface area contributed by atoms with Crippen LogP contribution in [0.1, 0.15) is 23.0 Å². The van der Waals surface area contributed by atoms with E-state index in [0.29, 0.717) is 28.5 Å². The van der Waals surface area contributed by atoms with Crippen molar-refractivity contribution in [2.24, 2.45) is 0 Å². The molecule has 0 spiro atoms. The van der Waals surface area contributed by atoms with E-state index in [1.54, 1.807) is 61.8 Å². The van der Waals surface area contributed by atoms with Crippen molar-refractivity contribution in [1.82, 2.24) is 5.32 Å². The number of amides is 2. The number of carbonyl (C=O) groups excluding carboxylic acids is 3. The summed E-state index contributed by atoms with van der Waals surface area (Å²) in [5.41, 5.74) is 1.01. The number of thioether (sulfide) groups is 1. The van der Waals surface area contributed by atoms with Crippen LogP contribution in [0.5, 0.6) is 0 Å². The Balaban J connectivity index is 1.57. The molecule has 32 heavy (non-hydrogen) atoms. The third-order valence-corrected chi connectivity index (χ3v) is 5.68. The summed E-state index contributed by atoms with van der Waals surface area (Å²) < 4.78 is 10.6. The molecule has 0 radical (unpaired) electrons. The molecule has 1 heterocycles. The summed E-state index contributed by atoms with van der Waals surface area (Å²) >= 11 is 1.22. The van der Waals surface area contributed by atoms with E-state index in [2.05, 4.69) is 5.32 Å². The predicted octanol–water partition coefficient (Wildman–Crippen LogP) is 3.90. The minimum atomic E-state index is -0.970. The van der Waals surface area contributed by atoms with E-state index in [1.807, 2.05) is 18.2 Å². The first kappa shape index (κ1) is 23.1. The van der Waals surface area contributed by atoms with Crippen LogP contribution in [-0.2, 0) is 20.9 Å². The summed E-state index contributed by atoms with van der Waals surface area (Å²) in [4.78, 5) is 39.6. The summed E-state index contributed by atoms with van der Waals surface area (Å²) in [6, 6.07) is 19.5. The molecular weight excluding hydrogens is 428 g/mol. The van der Waals surface area contributed by atoms with Gasteiger partial charge in [-0.3, -0.25) is 9.59 Å². The molecule has 2 amide bonds. The number of nitrogens with zero attached hydrogens (tertiary/aromatic N) is 1. The highest BCUT2D eigenvalue weighted by molar-refractivity contribution is 8.00. The number of esters is 1. The first-order valence-corrected chi connectivity index (χ1v) is 11.0. The summed E-state index contributed by atoms with van der Waals surface area (Å²) in [5.74, 6) is -0.372. The zero-order valence-corrected chi connectivity index (χ0v) is 18.6. The number of hydrogen-bond donors (Lipinski definition) is 1. The van der Waals surface area contributed by atoms with Crippen LogP contribution in [0.4, 0.5) is 5.69 Å². The molecule has 166 valence electrons. The van der Waals surface area contributed by atoms with Gasteiger partial charge in [-0.25, -0.2) is 4.79 Å². The minimum absolute atomic E-state index is 0.121. The van der Waals surface area contributed by atoms with Crippen molar-refractivity contribution in [3.8, 4) is 0 Å². The van der Waals surface area contributed by atoms with E-state index in [1.165, 1.54) is 23.6 Å². The van der Waals surface area contributed by atoms with Crippen LogP contribution in [0.25, 0.3) is 0 Å². The van der Waals surface area contributed by atoms with Crippen LogP contribution in [0.3, 0.4) is 0 Å². The van der Waals surface area contributed by atoms with Gasteiger partial charge in [0.2, 0.25) is 5.91 Å². The van der Waals surface area contributed by atoms with Crippen molar-refractivity contribution in [3.63, 3.8) is 0 Å². The molecule has 1 atom stereocenters. The molecule has 1 unspecified atom stereocenters. The molecular formula is C24H24N2O5S. The Morgan fingerprint density at radius 3 is 2.47 bits per heavy atom. The summed E-state index contributed by atoms with van der Waals surface area (Å²) in [6.45, 7) is 1.84. The number of para-hydroxylation sites is 1. The molecule has 0 saturated heterocycles. The number of ether oxygens (including phenoxy) is 1. The van der Waals surface area contributed by atoms with Gasteiger partial charge in [0.25, 0.3) is 5.91 Å². The molecule has 3 rings (SSSR count). The van der Waals surface area contributed by atoms with Crippen molar-refractivity contribution >= 4 is 35.2 Å². The highest BCUT2D eigenvalue weighted by Gasteiger charge is 2.24. The summed E-state index contributed by atoms with van der Waals surface area (Å²) in [7, 11) is 1.63. The molecule has 0 bridgehead atoms. The second kappa shape index (κ2) is 11.2. The monoisotopic (exact) mass is 452 g/mol. The normalized spacial score (nSPS) is 11.4. The second-order valence-corrected chi connectivity index (χ2v) is 7.94. The molecule has 7 nitrogen and oxygen atoms in total. The lowest BCUT2D eigenvalue weighted by Crippen LogP contribution is -2.37. The van der Waals surface area contributed by atoms with Crippen molar-refractivity contribution in [2.75, 3.05) is 17.7 Å². The zero-order valence-electron chi connectivity index (χ0n) is 17.8. The van der Waals surface area contributed by atoms with Crippen molar-refractivity contribution in [3.05, 3.63) is 84.3 Å². The fourth-order valence-electron chi connectivity index (χ4n) is 2.88. The van der Waals surface area contributed by atoms with Gasteiger partial charge in [-0.05, 0) is 43.3 Å². The standard InChI is InChI=1S/C24H24N2O5S/c1-17(23(28)26(2)18-9-4-3-5-10-18)31-24(29)20-12-6-7-13-21(20)32-16-22(27)25-15-19-11-8-14-30-19/h3-14,17H,15-16H2,1-2H3,(H,25,27). The second-order valence-electron chi connectivity index (χ2n) is 6.92. The topological polar surface area (TPSA) is 88.9 Å². The van der Waals surface area contributed by atoms with Gasteiger partial charge in [-0.1, -0.05) is 30.3 Å². The number of furan rings is 1. The van der Waals surface area contributed by atoms with E-state index in [0.717, 1.165) is 0 Å². The van der Waals surface area contributed by atoms with Gasteiger partial charge in [-0.15, -0.1) is 11.8 Å². The third kappa shape index (κ3) is 6.24. The van der Waals surface area contributed by atoms with Crippen LogP contribution in [0, 0.1) is 0 Å². The van der Waals surface area contributed by atoms with E-state index in [4.69, 9.17) is 9.15 Å². The van der Waals surface area contributed by atoms with E-state index >= 15 is 0 Å². The lowest BCUT2D eigenvalue weighted by molar-refractivity contribution is -0.126. The Kier molecular flexibility index (Phi) is 8.10. The van der Waals surface area contributed by atoms with Crippen LogP contribution in [-0.4, -0.2) is 36.7 Å². The predicted molar refractivity (Wildman–Crippen MR) is 122 cm³/mol. The van der Waals surface area contributed by atoms with Crippen LogP contribution in [0.2, 0.25) is 0 Å². The first-order chi connectivity index (χ1) is 15.5. The van der Waals surface area contributed by atoms with Gasteiger partial charge in [0.1, 0.15) is 5.76 Å². The van der Waals surface area contributed by atoms with Gasteiger partial charge in [0.15, 0.2) is 6.10 Å². The van der Waals surface area contributed by atoms with E-state index in [-0.39, 0.29) is 17.6 Å². The first-order valence-electron chi connectivity index (χ1n) is 10.00. The molecule has 8 heteroatoms. The van der Waals surface area contributed by atoms with Gasteiger partial charge in [0, 0.05) is 17.6 Å². The fourth-order valence-corrected chi connectivity index (χ4v) is 3.75. The Bertz CT molecular complexity index is 1050. The van der Waals surface area contributed by atoms with Gasteiger partial charge >= 0.3 is 5.97 Å². The Morgan fingerprint density at radius 1 is 1.03 bits per heavy atom. The van der Waals surface area contributed by atoms with E-state index < -0.39 is 12.1 Å². The average Bonchev–Trinajstić information content (AvgIpc) is 3.35. The molecule has 0 saturated carbocycles. The van der Waals surface area contributed by atoms with Crippen molar-refractivity contribution in [2.45, 2.75) is 24.5 Å². The molecule has 3 aromatic rings. The molecule has 1 aromatic heterocycles. The maximum Gasteiger partial charge on any atom is 0.340 e. The number of nitrogens with one attached hydrogen (secondary N) is 1. The molecule has 0 aliphatic carbocycles. The summed E-state index contributed by atoms with van der Waals surface area (Å²) in [6.07, 6.45) is 0.573. The van der Waals surface area contributed by atoms with Crippen LogP contribution in [0.15, 0.2) is 82.3 Å². The van der Waals surface area contributed by atoms with Gasteiger partial charge in [-0.2, -0.15) is 0 Å². The number of benzene rings is 2. The maximum atomic E-state index is 12.7. The lowest BCUT2D eigenvalue weighted by Gasteiger charge is -2.22. The smallest absolute Gasteiger partial charge is 0.340 e. The molecule has 0 fully saturated rings. The Hall–Kier alpha value is -3.52. The Labute approximate surface area is 190 Å². The molecule has 1 N–H and O–H groups in total. The van der Waals surface area contributed by atoms with Crippen LogP contribution >= 0.6 is 11.8 Å². The Morgan fingerprint density at radius 2 is 1.75 bits per heavy atom. The lowest BCUT2D eigenvalue weighted by atomic mass is 10.2. The molecule has 0 aliphatic heterocycles. The van der Waals surface area contributed by atoms with Gasteiger partial charge < -0.3 is 19.4 Å². The number of hydrogen-bond acceptors (Lipinski definition) is 6. The van der Waals surface area contributed by atoms with Gasteiger partial charge in [0.05, 0.1) is 24.1 Å². The minimum Gasteiger partial charge on any atom is -0.467 e. The van der Waals surface area contributed by atoms with Crippen LogP contribution < -0.4 is 10.2 Å². The molecule has 0 aliphatic rings. The van der Waals surface area contributed by atoms with Crippen molar-refractivity contribution in [1.29, 1.82) is 0 Å². The molecule has 2 aromatic carbocycles. The number of anilines is 1. The highest BCUT2D eigenvalue weighted by Crippen LogP contribution is 2.24. The average molecular weight is 453 g/mol. The SMILES string of the molecule is CC(OC(=O)c1ccccc1SCC(=O)NCc1ccco1)C(=O)N(C)c1ccccc1. The zero-order chi connectivity index (χ0) is 22.9. The largest absolute Gasteiger partial charge is 0.467 e. The fraction of sp³-hybridized carbons (Fsp3) is 0.208. The number of carbonyl (C=O) groups is 3. The number of likely N-dealkylation sites (N-methyl/N-ethyl adjacent to an activating group) is 1. The quantitative estimate of drug-likeness (QED) is 0.391. The summed E-state index contributed by atoms with van der Waals surface area (Å²) in [5, 5.41) is 2.76. The number of rotatable bonds is 9. The van der Waals surface area contributed by atoms with Crippen molar-refractivity contribution < 1.29 is 23.5 Å². The third-order valence-electron chi connectivity index (χ3n) is 4.61. The van der Waals surface area contributed by atoms with E-state index in [9.17, 15) is 14.4 Å². The maximum absolute atomic E-state index is 12.7. The highest BCUT2D eigenvalue weighted by atomic mass is 32.2.